The second-order valence-corrected chi connectivity index (χ2v) is 5.14. The molecule has 2 rings (SSSR count). The highest BCUT2D eigenvalue weighted by molar-refractivity contribution is 5.94. The van der Waals surface area contributed by atoms with Gasteiger partial charge >= 0.3 is 5.97 Å². The van der Waals surface area contributed by atoms with Crippen LogP contribution >= 0.6 is 0 Å². The average molecular weight is 275 g/mol. The van der Waals surface area contributed by atoms with E-state index in [0.29, 0.717) is 12.2 Å². The third kappa shape index (κ3) is 3.83. The highest BCUT2D eigenvalue weighted by atomic mass is 16.5. The number of nitrogens with one attached hydrogen (secondary N) is 1. The molecule has 0 aliphatic heterocycles. The van der Waals surface area contributed by atoms with E-state index in [1.807, 2.05) is 25.1 Å². The minimum atomic E-state index is -0.0969. The SMILES string of the molecule is CCOC(=O)C1CCC(NC(=O)c2ccccc2)CC1. The number of amides is 1. The Hall–Kier alpha value is -1.84. The Kier molecular flexibility index (Phi) is 5.16. The van der Waals surface area contributed by atoms with E-state index >= 15 is 0 Å². The van der Waals surface area contributed by atoms with Crippen LogP contribution in [0.1, 0.15) is 43.0 Å². The lowest BCUT2D eigenvalue weighted by molar-refractivity contribution is -0.149. The van der Waals surface area contributed by atoms with Gasteiger partial charge in [0, 0.05) is 11.6 Å². The average Bonchev–Trinajstić information content (AvgIpc) is 2.49. The smallest absolute Gasteiger partial charge is 0.308 e. The first-order chi connectivity index (χ1) is 9.70. The molecule has 1 amide bonds. The third-order valence-corrected chi connectivity index (χ3v) is 3.72. The van der Waals surface area contributed by atoms with Crippen molar-refractivity contribution in [3.8, 4) is 0 Å². The van der Waals surface area contributed by atoms with Gasteiger partial charge in [-0.15, -0.1) is 0 Å². The van der Waals surface area contributed by atoms with Crippen LogP contribution in [-0.2, 0) is 9.53 Å². The molecule has 1 N–H and O–H groups in total. The Morgan fingerprint density at radius 2 is 1.80 bits per heavy atom. The van der Waals surface area contributed by atoms with Crippen LogP contribution in [0.3, 0.4) is 0 Å². The Morgan fingerprint density at radius 1 is 1.15 bits per heavy atom. The molecule has 0 atom stereocenters. The molecule has 0 heterocycles. The molecule has 1 aliphatic carbocycles. The van der Waals surface area contributed by atoms with Crippen molar-refractivity contribution >= 4 is 11.9 Å². The number of ether oxygens (including phenoxy) is 1. The van der Waals surface area contributed by atoms with Gasteiger partial charge in [0.05, 0.1) is 12.5 Å². The first-order valence-electron chi connectivity index (χ1n) is 7.23. The van der Waals surface area contributed by atoms with Gasteiger partial charge in [-0.2, -0.15) is 0 Å². The first kappa shape index (κ1) is 14.6. The Bertz CT molecular complexity index is 450. The normalized spacial score (nSPS) is 22.1. The quantitative estimate of drug-likeness (QED) is 0.859. The summed E-state index contributed by atoms with van der Waals surface area (Å²) in [7, 11) is 0. The van der Waals surface area contributed by atoms with Gasteiger partial charge in [0.1, 0.15) is 0 Å². The van der Waals surface area contributed by atoms with E-state index in [2.05, 4.69) is 5.32 Å². The molecule has 108 valence electrons. The van der Waals surface area contributed by atoms with Crippen LogP contribution in [0.25, 0.3) is 0 Å². The van der Waals surface area contributed by atoms with Crippen molar-refractivity contribution in [3.63, 3.8) is 0 Å². The minimum absolute atomic E-state index is 0.000160. The number of benzene rings is 1. The van der Waals surface area contributed by atoms with E-state index in [-0.39, 0.29) is 23.8 Å². The summed E-state index contributed by atoms with van der Waals surface area (Å²) in [5, 5.41) is 3.04. The van der Waals surface area contributed by atoms with Crippen LogP contribution in [0.5, 0.6) is 0 Å². The topological polar surface area (TPSA) is 55.4 Å². The molecule has 1 saturated carbocycles. The predicted octanol–water partition coefficient (Wildman–Crippen LogP) is 2.54. The van der Waals surface area contributed by atoms with Crippen molar-refractivity contribution in [1.82, 2.24) is 5.32 Å². The second kappa shape index (κ2) is 7.08. The molecule has 0 saturated heterocycles. The zero-order valence-corrected chi connectivity index (χ0v) is 11.8. The van der Waals surface area contributed by atoms with Crippen molar-refractivity contribution < 1.29 is 14.3 Å². The summed E-state index contributed by atoms with van der Waals surface area (Å²) in [5.74, 6) is -0.134. The third-order valence-electron chi connectivity index (χ3n) is 3.72. The summed E-state index contributed by atoms with van der Waals surface area (Å²) < 4.78 is 5.04. The summed E-state index contributed by atoms with van der Waals surface area (Å²) in [6.07, 6.45) is 3.25. The van der Waals surface area contributed by atoms with Crippen molar-refractivity contribution in [2.24, 2.45) is 5.92 Å². The zero-order chi connectivity index (χ0) is 14.4. The summed E-state index contributed by atoms with van der Waals surface area (Å²) >= 11 is 0. The molecular formula is C16H21NO3. The number of carbonyl (C=O) groups is 2. The molecule has 1 aromatic carbocycles. The molecule has 1 aromatic rings. The van der Waals surface area contributed by atoms with Crippen LogP contribution in [-0.4, -0.2) is 24.5 Å². The van der Waals surface area contributed by atoms with Crippen LogP contribution in [0.2, 0.25) is 0 Å². The standard InChI is InChI=1S/C16H21NO3/c1-2-20-16(19)13-8-10-14(11-9-13)17-15(18)12-6-4-3-5-7-12/h3-7,13-14H,2,8-11H2,1H3,(H,17,18). The van der Waals surface area contributed by atoms with Crippen molar-refractivity contribution in [2.45, 2.75) is 38.6 Å². The fraction of sp³-hybridized carbons (Fsp3) is 0.500. The van der Waals surface area contributed by atoms with Gasteiger partial charge in [0.25, 0.3) is 5.91 Å². The van der Waals surface area contributed by atoms with Gasteiger partial charge in [-0.25, -0.2) is 0 Å². The first-order valence-corrected chi connectivity index (χ1v) is 7.23. The molecule has 0 radical (unpaired) electrons. The monoisotopic (exact) mass is 275 g/mol. The summed E-state index contributed by atoms with van der Waals surface area (Å²) in [5.41, 5.74) is 0.681. The summed E-state index contributed by atoms with van der Waals surface area (Å²) in [4.78, 5) is 23.7. The molecule has 4 heteroatoms. The van der Waals surface area contributed by atoms with Gasteiger partial charge in [0.15, 0.2) is 0 Å². The molecule has 1 aliphatic rings. The minimum Gasteiger partial charge on any atom is -0.466 e. The van der Waals surface area contributed by atoms with Crippen molar-refractivity contribution in [3.05, 3.63) is 35.9 Å². The van der Waals surface area contributed by atoms with E-state index in [4.69, 9.17) is 4.74 Å². The Labute approximate surface area is 119 Å². The lowest BCUT2D eigenvalue weighted by atomic mass is 9.86. The number of carbonyl (C=O) groups excluding carboxylic acids is 2. The molecule has 0 spiro atoms. The lowest BCUT2D eigenvalue weighted by Crippen LogP contribution is -2.39. The van der Waals surface area contributed by atoms with Crippen LogP contribution in [0.15, 0.2) is 30.3 Å². The Morgan fingerprint density at radius 3 is 2.40 bits per heavy atom. The maximum absolute atomic E-state index is 12.0. The van der Waals surface area contributed by atoms with E-state index in [9.17, 15) is 9.59 Å². The Balaban J connectivity index is 1.80. The van der Waals surface area contributed by atoms with Gasteiger partial charge in [-0.1, -0.05) is 18.2 Å². The molecule has 0 unspecified atom stereocenters. The maximum atomic E-state index is 12.0. The molecular weight excluding hydrogens is 254 g/mol. The van der Waals surface area contributed by atoms with E-state index in [1.165, 1.54) is 0 Å². The number of hydrogen-bond acceptors (Lipinski definition) is 3. The zero-order valence-electron chi connectivity index (χ0n) is 11.8. The number of hydrogen-bond donors (Lipinski definition) is 1. The van der Waals surface area contributed by atoms with Gasteiger partial charge < -0.3 is 10.1 Å². The largest absolute Gasteiger partial charge is 0.466 e. The van der Waals surface area contributed by atoms with Gasteiger partial charge in [0.2, 0.25) is 0 Å². The number of esters is 1. The molecule has 1 fully saturated rings. The lowest BCUT2D eigenvalue weighted by Gasteiger charge is -2.27. The fourth-order valence-corrected chi connectivity index (χ4v) is 2.59. The fourth-order valence-electron chi connectivity index (χ4n) is 2.59. The van der Waals surface area contributed by atoms with Gasteiger partial charge in [-0.3, -0.25) is 9.59 Å². The van der Waals surface area contributed by atoms with E-state index < -0.39 is 0 Å². The highest BCUT2D eigenvalue weighted by Crippen LogP contribution is 2.25. The van der Waals surface area contributed by atoms with Crippen LogP contribution in [0, 0.1) is 5.92 Å². The second-order valence-electron chi connectivity index (χ2n) is 5.14. The predicted molar refractivity (Wildman–Crippen MR) is 76.3 cm³/mol. The maximum Gasteiger partial charge on any atom is 0.308 e. The molecule has 0 bridgehead atoms. The van der Waals surface area contributed by atoms with Crippen molar-refractivity contribution in [2.75, 3.05) is 6.61 Å². The summed E-state index contributed by atoms with van der Waals surface area (Å²) in [6, 6.07) is 9.37. The molecule has 20 heavy (non-hydrogen) atoms. The molecule has 0 aromatic heterocycles. The molecule has 4 nitrogen and oxygen atoms in total. The van der Waals surface area contributed by atoms with Crippen LogP contribution < -0.4 is 5.32 Å². The van der Waals surface area contributed by atoms with E-state index in [1.54, 1.807) is 12.1 Å². The van der Waals surface area contributed by atoms with Gasteiger partial charge in [-0.05, 0) is 44.7 Å². The summed E-state index contributed by atoms with van der Waals surface area (Å²) in [6.45, 7) is 2.26. The van der Waals surface area contributed by atoms with E-state index in [0.717, 1.165) is 25.7 Å². The number of rotatable bonds is 4. The van der Waals surface area contributed by atoms with Crippen LogP contribution in [0.4, 0.5) is 0 Å². The highest BCUT2D eigenvalue weighted by Gasteiger charge is 2.27. The van der Waals surface area contributed by atoms with Crippen molar-refractivity contribution in [1.29, 1.82) is 0 Å².